The number of methoxy groups -OCH3 is 1. The summed E-state index contributed by atoms with van der Waals surface area (Å²) >= 11 is 0. The van der Waals surface area contributed by atoms with Crippen molar-refractivity contribution in [3.8, 4) is 0 Å². The van der Waals surface area contributed by atoms with Gasteiger partial charge in [0.25, 0.3) is 5.91 Å². The smallest absolute Gasteiger partial charge is 0.253 e. The summed E-state index contributed by atoms with van der Waals surface area (Å²) in [5, 5.41) is 12.2. The van der Waals surface area contributed by atoms with Crippen LogP contribution in [-0.4, -0.2) is 36.6 Å². The Morgan fingerprint density at radius 3 is 2.40 bits per heavy atom. The molecule has 1 N–H and O–H groups in total. The molecule has 20 heavy (non-hydrogen) atoms. The van der Waals surface area contributed by atoms with E-state index in [4.69, 9.17) is 9.94 Å². The minimum absolute atomic E-state index is 0.0170. The molecule has 5 nitrogen and oxygen atoms in total. The van der Waals surface area contributed by atoms with Gasteiger partial charge in [-0.05, 0) is 38.8 Å². The molecule has 110 valence electrons. The van der Waals surface area contributed by atoms with Crippen LogP contribution >= 0.6 is 0 Å². The highest BCUT2D eigenvalue weighted by atomic mass is 16.5. The Morgan fingerprint density at radius 2 is 1.95 bits per heavy atom. The number of aryl methyl sites for hydroxylation is 2. The second-order valence-corrected chi connectivity index (χ2v) is 4.85. The first-order valence-corrected chi connectivity index (χ1v) is 6.49. The standard InChI is InChI=1S/C15H22N2O3/c1-10-7-6-8-11(2)15(10)17(14(18)9-20-5)13(4)12(3)16-19/h6-8,13,19H,9H2,1-5H3. The third kappa shape index (κ3) is 3.36. The van der Waals surface area contributed by atoms with Gasteiger partial charge in [-0.3, -0.25) is 4.79 Å². The van der Waals surface area contributed by atoms with Gasteiger partial charge in [0.15, 0.2) is 0 Å². The molecule has 0 aliphatic rings. The fraction of sp³-hybridized carbons (Fsp3) is 0.467. The van der Waals surface area contributed by atoms with Crippen molar-refractivity contribution in [2.75, 3.05) is 18.6 Å². The summed E-state index contributed by atoms with van der Waals surface area (Å²) in [7, 11) is 1.48. The fourth-order valence-electron chi connectivity index (χ4n) is 2.18. The summed E-state index contributed by atoms with van der Waals surface area (Å²) in [6.45, 7) is 7.40. The quantitative estimate of drug-likeness (QED) is 0.511. The lowest BCUT2D eigenvalue weighted by Crippen LogP contribution is -2.45. The number of carbonyl (C=O) groups is 1. The molecule has 0 heterocycles. The Morgan fingerprint density at radius 1 is 1.40 bits per heavy atom. The maximum Gasteiger partial charge on any atom is 0.253 e. The van der Waals surface area contributed by atoms with Crippen LogP contribution in [0.25, 0.3) is 0 Å². The van der Waals surface area contributed by atoms with E-state index in [9.17, 15) is 4.79 Å². The molecular weight excluding hydrogens is 256 g/mol. The molecule has 0 aromatic heterocycles. The number of benzene rings is 1. The van der Waals surface area contributed by atoms with Gasteiger partial charge in [0.05, 0.1) is 17.4 Å². The average molecular weight is 278 g/mol. The van der Waals surface area contributed by atoms with E-state index < -0.39 is 0 Å². The summed E-state index contributed by atoms with van der Waals surface area (Å²) in [6.07, 6.45) is 0. The van der Waals surface area contributed by atoms with Gasteiger partial charge in [-0.1, -0.05) is 23.4 Å². The van der Waals surface area contributed by atoms with Gasteiger partial charge in [0.2, 0.25) is 0 Å². The first-order chi connectivity index (χ1) is 9.43. The van der Waals surface area contributed by atoms with Gasteiger partial charge in [0.1, 0.15) is 6.61 Å². The Kier molecular flexibility index (Phi) is 5.70. The predicted octanol–water partition coefficient (Wildman–Crippen LogP) is 2.52. The number of carbonyl (C=O) groups excluding carboxylic acids is 1. The summed E-state index contributed by atoms with van der Waals surface area (Å²) in [6, 6.07) is 5.51. The summed E-state index contributed by atoms with van der Waals surface area (Å²) < 4.78 is 4.96. The van der Waals surface area contributed by atoms with Crippen molar-refractivity contribution in [1.82, 2.24) is 0 Å². The maximum absolute atomic E-state index is 12.4. The number of rotatable bonds is 5. The molecule has 1 unspecified atom stereocenters. The van der Waals surface area contributed by atoms with Crippen LogP contribution in [0.5, 0.6) is 0 Å². The Labute approximate surface area is 119 Å². The number of nitrogens with zero attached hydrogens (tertiary/aromatic N) is 2. The van der Waals surface area contributed by atoms with E-state index >= 15 is 0 Å². The van der Waals surface area contributed by atoms with E-state index in [1.807, 2.05) is 39.0 Å². The molecule has 5 heteroatoms. The van der Waals surface area contributed by atoms with Crippen LogP contribution in [0.2, 0.25) is 0 Å². The maximum atomic E-state index is 12.4. The van der Waals surface area contributed by atoms with E-state index in [2.05, 4.69) is 5.16 Å². The van der Waals surface area contributed by atoms with Crippen molar-refractivity contribution >= 4 is 17.3 Å². The summed E-state index contributed by atoms with van der Waals surface area (Å²) in [5.74, 6) is -0.166. The Balaban J connectivity index is 3.34. The van der Waals surface area contributed by atoms with E-state index in [-0.39, 0.29) is 18.6 Å². The summed E-state index contributed by atoms with van der Waals surface area (Å²) in [4.78, 5) is 14.0. The van der Waals surface area contributed by atoms with Crippen molar-refractivity contribution in [2.45, 2.75) is 33.7 Å². The zero-order valence-corrected chi connectivity index (χ0v) is 12.7. The van der Waals surface area contributed by atoms with Gasteiger partial charge in [-0.15, -0.1) is 0 Å². The van der Waals surface area contributed by atoms with Crippen LogP contribution < -0.4 is 4.90 Å². The Hall–Kier alpha value is -1.88. The number of amides is 1. The van der Waals surface area contributed by atoms with Crippen molar-refractivity contribution in [3.63, 3.8) is 0 Å². The lowest BCUT2D eigenvalue weighted by atomic mass is 10.0. The molecule has 1 aromatic carbocycles. The Bertz CT molecular complexity index is 492. The summed E-state index contributed by atoms with van der Waals surface area (Å²) in [5.41, 5.74) is 3.29. The van der Waals surface area contributed by atoms with Crippen LogP contribution in [-0.2, 0) is 9.53 Å². The molecule has 1 aromatic rings. The van der Waals surface area contributed by atoms with Gasteiger partial charge in [-0.25, -0.2) is 0 Å². The van der Waals surface area contributed by atoms with E-state index in [1.165, 1.54) is 7.11 Å². The van der Waals surface area contributed by atoms with E-state index in [0.29, 0.717) is 5.71 Å². The first-order valence-electron chi connectivity index (χ1n) is 6.49. The van der Waals surface area contributed by atoms with Crippen molar-refractivity contribution in [3.05, 3.63) is 29.3 Å². The van der Waals surface area contributed by atoms with Crippen LogP contribution in [0, 0.1) is 13.8 Å². The predicted molar refractivity (Wildman–Crippen MR) is 79.6 cm³/mol. The third-order valence-electron chi connectivity index (χ3n) is 3.37. The molecule has 1 rings (SSSR count). The highest BCUT2D eigenvalue weighted by Crippen LogP contribution is 2.27. The first kappa shape index (κ1) is 16.2. The lowest BCUT2D eigenvalue weighted by molar-refractivity contribution is -0.122. The normalized spacial score (nSPS) is 13.2. The van der Waals surface area contributed by atoms with Gasteiger partial charge < -0.3 is 14.8 Å². The molecule has 0 fully saturated rings. The molecule has 0 aliphatic heterocycles. The molecule has 0 saturated carbocycles. The van der Waals surface area contributed by atoms with E-state index in [1.54, 1.807) is 11.8 Å². The number of hydrogen-bond acceptors (Lipinski definition) is 4. The molecule has 1 amide bonds. The second-order valence-electron chi connectivity index (χ2n) is 4.85. The van der Waals surface area contributed by atoms with Crippen molar-refractivity contribution < 1.29 is 14.7 Å². The zero-order valence-electron chi connectivity index (χ0n) is 12.7. The van der Waals surface area contributed by atoms with E-state index in [0.717, 1.165) is 16.8 Å². The third-order valence-corrected chi connectivity index (χ3v) is 3.37. The minimum atomic E-state index is -0.345. The number of oxime groups is 1. The highest BCUT2D eigenvalue weighted by molar-refractivity contribution is 6.03. The van der Waals surface area contributed by atoms with Crippen LogP contribution in [0.15, 0.2) is 23.4 Å². The molecule has 0 bridgehead atoms. The molecule has 0 saturated heterocycles. The largest absolute Gasteiger partial charge is 0.411 e. The highest BCUT2D eigenvalue weighted by Gasteiger charge is 2.26. The zero-order chi connectivity index (χ0) is 15.3. The molecule has 0 aliphatic carbocycles. The number of para-hydroxylation sites is 1. The SMILES string of the molecule is COCC(=O)N(c1c(C)cccc1C)C(C)C(C)=NO. The average Bonchev–Trinajstić information content (AvgIpc) is 2.41. The number of ether oxygens (including phenoxy) is 1. The van der Waals surface area contributed by atoms with Crippen molar-refractivity contribution in [1.29, 1.82) is 0 Å². The fourth-order valence-corrected chi connectivity index (χ4v) is 2.18. The van der Waals surface area contributed by atoms with Crippen molar-refractivity contribution in [2.24, 2.45) is 5.16 Å². The molecular formula is C15H22N2O3. The molecule has 0 spiro atoms. The minimum Gasteiger partial charge on any atom is -0.411 e. The lowest BCUT2D eigenvalue weighted by Gasteiger charge is -2.31. The van der Waals surface area contributed by atoms with Crippen LogP contribution in [0.1, 0.15) is 25.0 Å². The van der Waals surface area contributed by atoms with Gasteiger partial charge in [-0.2, -0.15) is 0 Å². The number of hydrogen-bond donors (Lipinski definition) is 1. The van der Waals surface area contributed by atoms with Crippen LogP contribution in [0.4, 0.5) is 5.69 Å². The molecule has 1 atom stereocenters. The number of anilines is 1. The monoisotopic (exact) mass is 278 g/mol. The van der Waals surface area contributed by atoms with Crippen LogP contribution in [0.3, 0.4) is 0 Å². The van der Waals surface area contributed by atoms with Gasteiger partial charge >= 0.3 is 0 Å². The topological polar surface area (TPSA) is 62.1 Å². The van der Waals surface area contributed by atoms with Gasteiger partial charge in [0, 0.05) is 7.11 Å². The second kappa shape index (κ2) is 7.05. The molecule has 0 radical (unpaired) electrons.